The molecule has 1 atom stereocenters. The first-order chi connectivity index (χ1) is 9.52. The van der Waals surface area contributed by atoms with Crippen LogP contribution in [0.5, 0.6) is 5.75 Å². The predicted octanol–water partition coefficient (Wildman–Crippen LogP) is 4.00. The van der Waals surface area contributed by atoms with Crippen LogP contribution < -0.4 is 10.1 Å². The molecule has 0 saturated heterocycles. The molecule has 0 radical (unpaired) electrons. The molecule has 0 bridgehead atoms. The molecule has 1 unspecified atom stereocenters. The first-order valence-corrected chi connectivity index (χ1v) is 5.97. The van der Waals surface area contributed by atoms with Gasteiger partial charge in [0.15, 0.2) is 5.92 Å². The first-order valence-electron chi connectivity index (χ1n) is 5.97. The van der Waals surface area contributed by atoms with Crippen molar-refractivity contribution < 1.29 is 31.1 Å². The number of rotatable bonds is 4. The second kappa shape index (κ2) is 6.13. The average molecular weight is 315 g/mol. The molecule has 1 rings (SSSR count). The second-order valence-electron chi connectivity index (χ2n) is 4.55. The highest BCUT2D eigenvalue weighted by Crippen LogP contribution is 2.47. The van der Waals surface area contributed by atoms with E-state index in [2.05, 4.69) is 5.32 Å². The molecule has 0 saturated carbocycles. The van der Waals surface area contributed by atoms with Crippen LogP contribution in [-0.4, -0.2) is 26.5 Å². The Morgan fingerprint density at radius 3 is 1.90 bits per heavy atom. The molecule has 1 aromatic rings. The van der Waals surface area contributed by atoms with Crippen LogP contribution in [-0.2, 0) is 0 Å². The number of benzene rings is 1. The quantitative estimate of drug-likeness (QED) is 0.848. The van der Waals surface area contributed by atoms with Gasteiger partial charge in [-0.25, -0.2) is 0 Å². The van der Waals surface area contributed by atoms with Crippen molar-refractivity contribution in [3.8, 4) is 5.75 Å². The number of nitrogens with one attached hydrogen (secondary N) is 1. The van der Waals surface area contributed by atoms with Gasteiger partial charge < -0.3 is 10.1 Å². The summed E-state index contributed by atoms with van der Waals surface area (Å²) in [6.07, 6.45) is -10.8. The minimum atomic E-state index is -5.40. The number of methoxy groups -OCH3 is 1. The molecular weight excluding hydrogens is 300 g/mol. The number of hydrogen-bond donors (Lipinski definition) is 1. The topological polar surface area (TPSA) is 21.3 Å². The third kappa shape index (κ3) is 4.03. The molecule has 0 aliphatic rings. The Hall–Kier alpha value is -1.44. The summed E-state index contributed by atoms with van der Waals surface area (Å²) in [5, 5.41) is 2.13. The summed E-state index contributed by atoms with van der Waals surface area (Å²) in [4.78, 5) is 0. The largest absolute Gasteiger partial charge is 0.497 e. The zero-order valence-corrected chi connectivity index (χ0v) is 11.6. The Labute approximate surface area is 118 Å². The number of alkyl halides is 6. The predicted molar refractivity (Wildman–Crippen MR) is 65.1 cm³/mol. The van der Waals surface area contributed by atoms with E-state index in [1.165, 1.54) is 32.2 Å². The highest BCUT2D eigenvalue weighted by atomic mass is 19.4. The minimum absolute atomic E-state index is 0.0713. The van der Waals surface area contributed by atoms with Crippen LogP contribution in [0.3, 0.4) is 0 Å². The molecule has 1 N–H and O–H groups in total. The Bertz CT molecular complexity index is 469. The Balaban J connectivity index is 3.33. The molecule has 0 heterocycles. The van der Waals surface area contributed by atoms with Crippen LogP contribution in [0.15, 0.2) is 18.2 Å². The van der Waals surface area contributed by atoms with Crippen molar-refractivity contribution >= 4 is 0 Å². The maximum absolute atomic E-state index is 12.8. The monoisotopic (exact) mass is 315 g/mol. The van der Waals surface area contributed by atoms with Gasteiger partial charge in [0, 0.05) is 0 Å². The molecule has 120 valence electrons. The SMILES string of the molecule is CNC(c1ccc(OC)cc1C)C(C(F)(F)F)C(F)(F)F. The Kier molecular flexibility index (Phi) is 5.14. The van der Waals surface area contributed by atoms with Crippen LogP contribution >= 0.6 is 0 Å². The van der Waals surface area contributed by atoms with Crippen molar-refractivity contribution in [1.29, 1.82) is 0 Å². The molecule has 0 aliphatic carbocycles. The van der Waals surface area contributed by atoms with E-state index in [1.807, 2.05) is 0 Å². The molecule has 0 spiro atoms. The van der Waals surface area contributed by atoms with E-state index < -0.39 is 24.3 Å². The molecule has 8 heteroatoms. The molecule has 1 aromatic carbocycles. The van der Waals surface area contributed by atoms with E-state index in [-0.39, 0.29) is 11.1 Å². The summed E-state index contributed by atoms with van der Waals surface area (Å²) in [5.41, 5.74) is 0.213. The van der Waals surface area contributed by atoms with Crippen LogP contribution in [0, 0.1) is 12.8 Å². The van der Waals surface area contributed by atoms with Crippen molar-refractivity contribution in [2.45, 2.75) is 25.3 Å². The van der Waals surface area contributed by atoms with Gasteiger partial charge in [0.25, 0.3) is 0 Å². The lowest BCUT2D eigenvalue weighted by Crippen LogP contribution is -2.45. The molecule has 0 fully saturated rings. The number of aryl methyl sites for hydroxylation is 1. The average Bonchev–Trinajstić information content (AvgIpc) is 2.32. The van der Waals surface area contributed by atoms with Gasteiger partial charge in [-0.1, -0.05) is 6.07 Å². The van der Waals surface area contributed by atoms with Crippen LogP contribution in [0.1, 0.15) is 17.2 Å². The van der Waals surface area contributed by atoms with E-state index >= 15 is 0 Å². The van der Waals surface area contributed by atoms with Crippen molar-refractivity contribution in [3.63, 3.8) is 0 Å². The van der Waals surface area contributed by atoms with E-state index in [9.17, 15) is 26.3 Å². The zero-order valence-electron chi connectivity index (χ0n) is 11.6. The summed E-state index contributed by atoms with van der Waals surface area (Å²) in [7, 11) is 2.43. The molecule has 0 aliphatic heterocycles. The maximum Gasteiger partial charge on any atom is 0.402 e. The van der Waals surface area contributed by atoms with Gasteiger partial charge in [-0.2, -0.15) is 26.3 Å². The standard InChI is InChI=1S/C13H15F6NO/c1-7-6-8(21-3)4-5-9(7)10(20-2)11(12(14,15)16)13(17,18)19/h4-6,10-11,20H,1-3H3. The third-order valence-corrected chi connectivity index (χ3v) is 3.16. The van der Waals surface area contributed by atoms with Gasteiger partial charge >= 0.3 is 12.4 Å². The van der Waals surface area contributed by atoms with E-state index in [0.717, 1.165) is 7.05 Å². The molecule has 2 nitrogen and oxygen atoms in total. The van der Waals surface area contributed by atoms with Crippen molar-refractivity contribution in [3.05, 3.63) is 29.3 Å². The summed E-state index contributed by atoms with van der Waals surface area (Å²) in [5.74, 6) is -3.12. The Morgan fingerprint density at radius 1 is 1.05 bits per heavy atom. The molecular formula is C13H15F6NO. The van der Waals surface area contributed by atoms with Crippen molar-refractivity contribution in [2.24, 2.45) is 5.92 Å². The lowest BCUT2D eigenvalue weighted by atomic mass is 9.89. The molecule has 0 amide bonds. The van der Waals surface area contributed by atoms with E-state index in [1.54, 1.807) is 0 Å². The number of halogens is 6. The zero-order chi connectivity index (χ0) is 16.4. The smallest absolute Gasteiger partial charge is 0.402 e. The highest BCUT2D eigenvalue weighted by Gasteiger charge is 2.60. The fourth-order valence-electron chi connectivity index (χ4n) is 2.19. The highest BCUT2D eigenvalue weighted by molar-refractivity contribution is 5.37. The maximum atomic E-state index is 12.8. The van der Waals surface area contributed by atoms with Crippen molar-refractivity contribution in [2.75, 3.05) is 14.2 Å². The van der Waals surface area contributed by atoms with Crippen LogP contribution in [0.2, 0.25) is 0 Å². The van der Waals surface area contributed by atoms with Gasteiger partial charge in [-0.3, -0.25) is 0 Å². The van der Waals surface area contributed by atoms with Gasteiger partial charge in [0.1, 0.15) is 5.75 Å². The summed E-state index contributed by atoms with van der Waals surface area (Å²) >= 11 is 0. The lowest BCUT2D eigenvalue weighted by molar-refractivity contribution is -0.292. The van der Waals surface area contributed by atoms with Gasteiger partial charge in [-0.15, -0.1) is 0 Å². The molecule has 21 heavy (non-hydrogen) atoms. The van der Waals surface area contributed by atoms with Gasteiger partial charge in [-0.05, 0) is 37.2 Å². The first kappa shape index (κ1) is 17.6. The lowest BCUT2D eigenvalue weighted by Gasteiger charge is -2.31. The van der Waals surface area contributed by atoms with Crippen LogP contribution in [0.4, 0.5) is 26.3 Å². The van der Waals surface area contributed by atoms with E-state index in [4.69, 9.17) is 4.74 Å². The van der Waals surface area contributed by atoms with E-state index in [0.29, 0.717) is 5.75 Å². The normalized spacial score (nSPS) is 14.4. The Morgan fingerprint density at radius 2 is 1.57 bits per heavy atom. The minimum Gasteiger partial charge on any atom is -0.497 e. The summed E-state index contributed by atoms with van der Waals surface area (Å²) in [6.45, 7) is 1.44. The van der Waals surface area contributed by atoms with Gasteiger partial charge in [0.2, 0.25) is 0 Å². The fourth-order valence-corrected chi connectivity index (χ4v) is 2.19. The van der Waals surface area contributed by atoms with Gasteiger partial charge in [0.05, 0.1) is 13.2 Å². The number of hydrogen-bond acceptors (Lipinski definition) is 2. The van der Waals surface area contributed by atoms with Crippen LogP contribution in [0.25, 0.3) is 0 Å². The fraction of sp³-hybridized carbons (Fsp3) is 0.538. The third-order valence-electron chi connectivity index (χ3n) is 3.16. The second-order valence-corrected chi connectivity index (χ2v) is 4.55. The van der Waals surface area contributed by atoms with Crippen molar-refractivity contribution in [1.82, 2.24) is 5.32 Å². The molecule has 0 aromatic heterocycles. The summed E-state index contributed by atoms with van der Waals surface area (Å²) in [6, 6.07) is 2.01. The number of ether oxygens (including phenoxy) is 1. The summed E-state index contributed by atoms with van der Waals surface area (Å²) < 4.78 is 81.9.